The number of morpholine rings is 1. The molecule has 0 saturated carbocycles. The molecule has 2 atom stereocenters. The number of nitrogens with zero attached hydrogens (tertiary/aromatic N) is 3. The Balaban J connectivity index is 1.86. The van der Waals surface area contributed by atoms with Crippen molar-refractivity contribution in [2.75, 3.05) is 18.0 Å². The number of ether oxygens (including phenoxy) is 1. The first kappa shape index (κ1) is 17.3. The summed E-state index contributed by atoms with van der Waals surface area (Å²) >= 11 is 6.70. The molecule has 3 heterocycles. The average Bonchev–Trinajstić information content (AvgIpc) is 3.19. The van der Waals surface area contributed by atoms with Gasteiger partial charge in [-0.3, -0.25) is 0 Å². The van der Waals surface area contributed by atoms with Crippen LogP contribution < -0.4 is 4.90 Å². The number of imidazole rings is 1. The van der Waals surface area contributed by atoms with E-state index in [2.05, 4.69) is 20.0 Å². The van der Waals surface area contributed by atoms with E-state index in [1.165, 1.54) is 0 Å². The Hall–Kier alpha value is -2.09. The van der Waals surface area contributed by atoms with Gasteiger partial charge in [0.1, 0.15) is 5.02 Å². The van der Waals surface area contributed by atoms with Gasteiger partial charge in [-0.2, -0.15) is 0 Å². The van der Waals surface area contributed by atoms with E-state index in [1.54, 1.807) is 6.20 Å². The third-order valence-corrected chi connectivity index (χ3v) is 4.95. The number of halogens is 1. The second-order valence-electron chi connectivity index (χ2n) is 6.82. The zero-order valence-electron chi connectivity index (χ0n) is 14.9. The lowest BCUT2D eigenvalue weighted by Crippen LogP contribution is -2.46. The van der Waals surface area contributed by atoms with Gasteiger partial charge in [-0.15, -0.1) is 0 Å². The SMILES string of the molecule is Cc1c[nH]c(-c2noc3c(Cl)c(N4C[C@@H](C)O[C@@H](C)C4)c(CO)cc23)n1. The molecule has 1 aliphatic heterocycles. The predicted molar refractivity (Wildman–Crippen MR) is 99.5 cm³/mol. The molecule has 1 aromatic carbocycles. The molecule has 7 nitrogen and oxygen atoms in total. The third kappa shape index (κ3) is 2.86. The minimum Gasteiger partial charge on any atom is -0.392 e. The first-order chi connectivity index (χ1) is 12.5. The van der Waals surface area contributed by atoms with Gasteiger partial charge in [0.15, 0.2) is 17.1 Å². The van der Waals surface area contributed by atoms with Crippen LogP contribution in [-0.2, 0) is 11.3 Å². The molecular formula is C18H21ClN4O3. The molecule has 0 amide bonds. The zero-order valence-corrected chi connectivity index (χ0v) is 15.7. The largest absolute Gasteiger partial charge is 0.392 e. The Kier molecular flexibility index (Phi) is 4.38. The maximum atomic E-state index is 9.98. The van der Waals surface area contributed by atoms with Gasteiger partial charge in [0.25, 0.3) is 0 Å². The molecule has 0 unspecified atom stereocenters. The Labute approximate surface area is 155 Å². The van der Waals surface area contributed by atoms with E-state index in [0.717, 1.165) is 22.3 Å². The number of benzene rings is 1. The average molecular weight is 377 g/mol. The van der Waals surface area contributed by atoms with Gasteiger partial charge in [0.05, 0.1) is 35.6 Å². The molecule has 1 aliphatic rings. The molecule has 1 saturated heterocycles. The third-order valence-electron chi connectivity index (χ3n) is 4.59. The first-order valence-corrected chi connectivity index (χ1v) is 9.00. The lowest BCUT2D eigenvalue weighted by atomic mass is 10.1. The summed E-state index contributed by atoms with van der Waals surface area (Å²) in [5.74, 6) is 0.613. The highest BCUT2D eigenvalue weighted by Crippen LogP contribution is 2.41. The molecule has 2 aromatic heterocycles. The second-order valence-corrected chi connectivity index (χ2v) is 7.19. The quantitative estimate of drug-likeness (QED) is 0.729. The number of rotatable bonds is 3. The standard InChI is InChI=1S/C18H21ClN4O3/c1-9-5-20-18(21-9)15-13-4-12(8-24)16(14(19)17(13)26-22-15)23-6-10(2)25-11(3)7-23/h4-5,10-11,24H,6-8H2,1-3H3,(H,20,21)/t10-,11+. The monoisotopic (exact) mass is 376 g/mol. The Bertz CT molecular complexity index is 941. The number of fused-ring (bicyclic) bond motifs is 1. The van der Waals surface area contributed by atoms with E-state index in [1.807, 2.05) is 26.8 Å². The van der Waals surface area contributed by atoms with E-state index < -0.39 is 0 Å². The number of aromatic amines is 1. The fraction of sp³-hybridized carbons (Fsp3) is 0.444. The summed E-state index contributed by atoms with van der Waals surface area (Å²) in [4.78, 5) is 9.63. The van der Waals surface area contributed by atoms with Crippen LogP contribution in [0.25, 0.3) is 22.5 Å². The summed E-state index contributed by atoms with van der Waals surface area (Å²) in [6, 6.07) is 1.88. The van der Waals surface area contributed by atoms with Crippen LogP contribution in [0.1, 0.15) is 25.1 Å². The number of hydrogen-bond donors (Lipinski definition) is 2. The molecule has 2 N–H and O–H groups in total. The summed E-state index contributed by atoms with van der Waals surface area (Å²) in [5, 5.41) is 15.3. The first-order valence-electron chi connectivity index (χ1n) is 8.62. The topological polar surface area (TPSA) is 87.4 Å². The minimum absolute atomic E-state index is 0.0773. The van der Waals surface area contributed by atoms with Crippen molar-refractivity contribution in [2.24, 2.45) is 0 Å². The molecule has 8 heteroatoms. The number of nitrogens with one attached hydrogen (secondary N) is 1. The van der Waals surface area contributed by atoms with Gasteiger partial charge >= 0.3 is 0 Å². The van der Waals surface area contributed by atoms with Gasteiger partial charge in [-0.25, -0.2) is 4.98 Å². The van der Waals surface area contributed by atoms with Crippen LogP contribution in [-0.4, -0.2) is 45.5 Å². The van der Waals surface area contributed by atoms with Crippen LogP contribution >= 0.6 is 11.6 Å². The number of aromatic nitrogens is 3. The summed E-state index contributed by atoms with van der Waals surface area (Å²) in [6.07, 6.45) is 1.96. The van der Waals surface area contributed by atoms with E-state index in [-0.39, 0.29) is 18.8 Å². The number of H-pyrrole nitrogens is 1. The molecule has 1 fully saturated rings. The number of anilines is 1. The van der Waals surface area contributed by atoms with Crippen molar-refractivity contribution in [3.05, 3.63) is 28.5 Å². The van der Waals surface area contributed by atoms with Crippen molar-refractivity contribution in [3.63, 3.8) is 0 Å². The van der Waals surface area contributed by atoms with Crippen molar-refractivity contribution >= 4 is 28.3 Å². The summed E-state index contributed by atoms with van der Waals surface area (Å²) in [7, 11) is 0. The van der Waals surface area contributed by atoms with Crippen LogP contribution in [0.4, 0.5) is 5.69 Å². The normalized spacial score (nSPS) is 20.9. The van der Waals surface area contributed by atoms with Gasteiger partial charge in [0, 0.05) is 24.8 Å². The summed E-state index contributed by atoms with van der Waals surface area (Å²) in [5.41, 5.74) is 3.45. The maximum absolute atomic E-state index is 9.98. The Morgan fingerprint density at radius 1 is 1.35 bits per heavy atom. The molecule has 4 rings (SSSR count). The number of aryl methyl sites for hydroxylation is 1. The van der Waals surface area contributed by atoms with Crippen molar-refractivity contribution in [2.45, 2.75) is 39.6 Å². The van der Waals surface area contributed by atoms with E-state index >= 15 is 0 Å². The zero-order chi connectivity index (χ0) is 18.4. The molecule has 0 spiro atoms. The molecular weight excluding hydrogens is 356 g/mol. The predicted octanol–water partition coefficient (Wildman–Crippen LogP) is 3.29. The molecule has 3 aromatic rings. The smallest absolute Gasteiger partial charge is 0.188 e. The molecule has 26 heavy (non-hydrogen) atoms. The summed E-state index contributed by atoms with van der Waals surface area (Å²) < 4.78 is 11.4. The summed E-state index contributed by atoms with van der Waals surface area (Å²) in [6.45, 7) is 7.21. The van der Waals surface area contributed by atoms with Crippen LogP contribution in [0, 0.1) is 6.92 Å². The second kappa shape index (κ2) is 6.57. The Morgan fingerprint density at radius 2 is 2.08 bits per heavy atom. The van der Waals surface area contributed by atoms with Crippen molar-refractivity contribution in [1.29, 1.82) is 0 Å². The van der Waals surface area contributed by atoms with Crippen LogP contribution in [0.3, 0.4) is 0 Å². The highest BCUT2D eigenvalue weighted by Gasteiger charge is 2.28. The number of aliphatic hydroxyl groups is 1. The number of hydrogen-bond acceptors (Lipinski definition) is 6. The molecule has 0 bridgehead atoms. The van der Waals surface area contributed by atoms with Gasteiger partial charge < -0.3 is 24.3 Å². The van der Waals surface area contributed by atoms with Gasteiger partial charge in [0.2, 0.25) is 0 Å². The van der Waals surface area contributed by atoms with Crippen molar-refractivity contribution < 1.29 is 14.4 Å². The lowest BCUT2D eigenvalue weighted by molar-refractivity contribution is -0.00531. The number of aliphatic hydroxyl groups excluding tert-OH is 1. The molecule has 0 radical (unpaired) electrons. The van der Waals surface area contributed by atoms with Crippen LogP contribution in [0.5, 0.6) is 0 Å². The molecule has 0 aliphatic carbocycles. The lowest BCUT2D eigenvalue weighted by Gasteiger charge is -2.38. The van der Waals surface area contributed by atoms with Crippen molar-refractivity contribution in [3.8, 4) is 11.5 Å². The fourth-order valence-electron chi connectivity index (χ4n) is 3.61. The van der Waals surface area contributed by atoms with E-state index in [9.17, 15) is 5.11 Å². The Morgan fingerprint density at radius 3 is 2.69 bits per heavy atom. The van der Waals surface area contributed by atoms with Gasteiger partial charge in [-0.1, -0.05) is 16.8 Å². The van der Waals surface area contributed by atoms with Crippen LogP contribution in [0.15, 0.2) is 16.8 Å². The highest BCUT2D eigenvalue weighted by molar-refractivity contribution is 6.38. The minimum atomic E-state index is -0.132. The van der Waals surface area contributed by atoms with Crippen LogP contribution in [0.2, 0.25) is 5.02 Å². The maximum Gasteiger partial charge on any atom is 0.188 e. The fourth-order valence-corrected chi connectivity index (χ4v) is 3.99. The van der Waals surface area contributed by atoms with E-state index in [0.29, 0.717) is 35.2 Å². The van der Waals surface area contributed by atoms with Gasteiger partial charge in [-0.05, 0) is 26.8 Å². The van der Waals surface area contributed by atoms with Crippen molar-refractivity contribution in [1.82, 2.24) is 15.1 Å². The molecule has 138 valence electrons. The highest BCUT2D eigenvalue weighted by atomic mass is 35.5. The van der Waals surface area contributed by atoms with E-state index in [4.69, 9.17) is 20.9 Å².